The second-order valence-electron chi connectivity index (χ2n) is 2.82. The summed E-state index contributed by atoms with van der Waals surface area (Å²) in [4.78, 5) is 10.8. The Kier molecular flexibility index (Phi) is 2.10. The third-order valence-corrected chi connectivity index (χ3v) is 1.27. The lowest BCUT2D eigenvalue weighted by Gasteiger charge is -2.00. The van der Waals surface area contributed by atoms with E-state index in [9.17, 15) is 4.79 Å². The second-order valence-corrected chi connectivity index (χ2v) is 2.82. The highest BCUT2D eigenvalue weighted by Gasteiger charge is 2.25. The predicted octanol–water partition coefficient (Wildman–Crippen LogP) is 1.66. The van der Waals surface area contributed by atoms with E-state index in [-0.39, 0.29) is 12.1 Å². The highest BCUT2D eigenvalue weighted by molar-refractivity contribution is 5.72. The van der Waals surface area contributed by atoms with Crippen LogP contribution in [0.4, 0.5) is 0 Å². The summed E-state index contributed by atoms with van der Waals surface area (Å²) in [5.74, 6) is -0.130. The van der Waals surface area contributed by atoms with Crippen LogP contribution in [-0.4, -0.2) is 12.1 Å². The van der Waals surface area contributed by atoms with Crippen LogP contribution >= 0.6 is 0 Å². The molecule has 2 nitrogen and oxygen atoms in total. The normalized spacial score (nSPS) is 16.5. The summed E-state index contributed by atoms with van der Waals surface area (Å²) in [5, 5.41) is 0. The van der Waals surface area contributed by atoms with Crippen LogP contribution in [0.2, 0.25) is 0 Å². The fourth-order valence-electron chi connectivity index (χ4n) is 0.660. The number of hydrogen-bond donors (Lipinski definition) is 0. The number of ether oxygens (including phenoxy) is 1. The van der Waals surface area contributed by atoms with Crippen molar-refractivity contribution in [2.75, 3.05) is 0 Å². The van der Waals surface area contributed by atoms with Gasteiger partial charge in [0.25, 0.3) is 0 Å². The first-order valence-electron chi connectivity index (χ1n) is 3.52. The molecule has 2 heteroatoms. The monoisotopic (exact) mass is 140 g/mol. The number of carbonyl (C=O) groups excluding carboxylic acids is 1. The fraction of sp³-hybridized carbons (Fsp3) is 0.625. The van der Waals surface area contributed by atoms with Gasteiger partial charge in [0.05, 0.1) is 6.42 Å². The molecule has 0 atom stereocenters. The van der Waals surface area contributed by atoms with E-state index in [1.54, 1.807) is 0 Å². The quantitative estimate of drug-likeness (QED) is 0.440. The minimum Gasteiger partial charge on any atom is -0.462 e. The maximum atomic E-state index is 10.8. The van der Waals surface area contributed by atoms with E-state index in [0.717, 1.165) is 18.4 Å². The molecule has 0 radical (unpaired) electrons. The Morgan fingerprint density at radius 2 is 2.30 bits per heavy atom. The van der Waals surface area contributed by atoms with Crippen molar-refractivity contribution in [3.05, 3.63) is 12.2 Å². The van der Waals surface area contributed by atoms with Crippen LogP contribution < -0.4 is 0 Å². The summed E-state index contributed by atoms with van der Waals surface area (Å²) in [7, 11) is 0. The smallest absolute Gasteiger partial charge is 0.310 e. The Balaban J connectivity index is 2.14. The minimum atomic E-state index is -0.130. The zero-order valence-corrected chi connectivity index (χ0v) is 6.22. The van der Waals surface area contributed by atoms with Crippen molar-refractivity contribution in [3.63, 3.8) is 0 Å². The van der Waals surface area contributed by atoms with Gasteiger partial charge in [-0.05, 0) is 19.8 Å². The lowest BCUT2D eigenvalue weighted by Crippen LogP contribution is -2.05. The van der Waals surface area contributed by atoms with Gasteiger partial charge in [0, 0.05) is 0 Å². The molecule has 0 aliphatic heterocycles. The summed E-state index contributed by atoms with van der Waals surface area (Å²) in [6.07, 6.45) is 2.69. The van der Waals surface area contributed by atoms with Crippen LogP contribution in [0.25, 0.3) is 0 Å². The maximum absolute atomic E-state index is 10.8. The van der Waals surface area contributed by atoms with Crippen molar-refractivity contribution in [2.45, 2.75) is 32.3 Å². The van der Waals surface area contributed by atoms with Gasteiger partial charge in [-0.2, -0.15) is 0 Å². The Labute approximate surface area is 60.9 Å². The van der Waals surface area contributed by atoms with Gasteiger partial charge in [-0.25, -0.2) is 0 Å². The van der Waals surface area contributed by atoms with Crippen LogP contribution in [0.5, 0.6) is 0 Å². The van der Waals surface area contributed by atoms with E-state index in [0.29, 0.717) is 6.42 Å². The molecule has 1 aliphatic rings. The minimum absolute atomic E-state index is 0.130. The predicted molar refractivity (Wildman–Crippen MR) is 38.5 cm³/mol. The summed E-state index contributed by atoms with van der Waals surface area (Å²) < 4.78 is 4.97. The zero-order chi connectivity index (χ0) is 7.56. The van der Waals surface area contributed by atoms with Gasteiger partial charge < -0.3 is 4.74 Å². The zero-order valence-electron chi connectivity index (χ0n) is 6.22. The third-order valence-electron chi connectivity index (χ3n) is 1.27. The highest BCUT2D eigenvalue weighted by Crippen LogP contribution is 2.24. The molecule has 0 aromatic carbocycles. The van der Waals surface area contributed by atoms with E-state index in [1.807, 2.05) is 6.92 Å². The van der Waals surface area contributed by atoms with Crippen molar-refractivity contribution in [3.8, 4) is 0 Å². The average Bonchev–Trinajstić information content (AvgIpc) is 2.46. The molecule has 1 rings (SSSR count). The molecular formula is C8H12O2. The molecule has 0 N–H and O–H groups in total. The van der Waals surface area contributed by atoms with Crippen LogP contribution in [0.3, 0.4) is 0 Å². The summed E-state index contributed by atoms with van der Waals surface area (Å²) >= 11 is 0. The van der Waals surface area contributed by atoms with E-state index < -0.39 is 0 Å². The van der Waals surface area contributed by atoms with Crippen LogP contribution in [0.1, 0.15) is 26.2 Å². The van der Waals surface area contributed by atoms with E-state index >= 15 is 0 Å². The van der Waals surface area contributed by atoms with Gasteiger partial charge in [0.15, 0.2) is 0 Å². The number of hydrogen-bond acceptors (Lipinski definition) is 2. The SMILES string of the molecule is C=C(C)CC(=O)OC1CC1. The Morgan fingerprint density at radius 1 is 1.70 bits per heavy atom. The molecule has 0 aromatic heterocycles. The Bertz CT molecular complexity index is 157. The van der Waals surface area contributed by atoms with Crippen molar-refractivity contribution >= 4 is 5.97 Å². The average molecular weight is 140 g/mol. The fourth-order valence-corrected chi connectivity index (χ4v) is 0.660. The lowest BCUT2D eigenvalue weighted by molar-refractivity contribution is -0.143. The van der Waals surface area contributed by atoms with Crippen LogP contribution in [0, 0.1) is 0 Å². The van der Waals surface area contributed by atoms with Crippen LogP contribution in [0.15, 0.2) is 12.2 Å². The van der Waals surface area contributed by atoms with Gasteiger partial charge in [0.2, 0.25) is 0 Å². The molecular weight excluding hydrogens is 128 g/mol. The number of rotatable bonds is 3. The van der Waals surface area contributed by atoms with E-state index in [2.05, 4.69) is 6.58 Å². The van der Waals surface area contributed by atoms with Crippen LogP contribution in [-0.2, 0) is 9.53 Å². The van der Waals surface area contributed by atoms with Crippen molar-refractivity contribution < 1.29 is 9.53 Å². The Hall–Kier alpha value is -0.790. The standard InChI is InChI=1S/C8H12O2/c1-6(2)5-8(9)10-7-3-4-7/h7H,1,3-5H2,2H3. The van der Waals surface area contributed by atoms with Crippen molar-refractivity contribution in [1.82, 2.24) is 0 Å². The third kappa shape index (κ3) is 2.67. The summed E-state index contributed by atoms with van der Waals surface area (Å²) in [6.45, 7) is 5.45. The maximum Gasteiger partial charge on any atom is 0.310 e. The van der Waals surface area contributed by atoms with E-state index in [1.165, 1.54) is 0 Å². The van der Waals surface area contributed by atoms with Gasteiger partial charge in [-0.15, -0.1) is 0 Å². The molecule has 0 unspecified atom stereocenters. The summed E-state index contributed by atoms with van der Waals surface area (Å²) in [6, 6.07) is 0. The molecule has 0 bridgehead atoms. The molecule has 1 saturated carbocycles. The van der Waals surface area contributed by atoms with Crippen molar-refractivity contribution in [2.24, 2.45) is 0 Å². The first kappa shape index (κ1) is 7.32. The Morgan fingerprint density at radius 3 is 2.70 bits per heavy atom. The van der Waals surface area contributed by atoms with E-state index in [4.69, 9.17) is 4.74 Å². The first-order chi connectivity index (χ1) is 4.68. The molecule has 10 heavy (non-hydrogen) atoms. The van der Waals surface area contributed by atoms with Gasteiger partial charge in [-0.1, -0.05) is 12.2 Å². The lowest BCUT2D eigenvalue weighted by atomic mass is 10.2. The van der Waals surface area contributed by atoms with Gasteiger partial charge >= 0.3 is 5.97 Å². The molecule has 0 amide bonds. The molecule has 0 aromatic rings. The molecule has 1 fully saturated rings. The highest BCUT2D eigenvalue weighted by atomic mass is 16.5. The largest absolute Gasteiger partial charge is 0.462 e. The molecule has 0 spiro atoms. The molecule has 0 heterocycles. The van der Waals surface area contributed by atoms with Crippen molar-refractivity contribution in [1.29, 1.82) is 0 Å². The molecule has 1 aliphatic carbocycles. The topological polar surface area (TPSA) is 26.3 Å². The molecule has 56 valence electrons. The first-order valence-corrected chi connectivity index (χ1v) is 3.52. The second kappa shape index (κ2) is 2.86. The van der Waals surface area contributed by atoms with Gasteiger partial charge in [-0.3, -0.25) is 4.79 Å². The van der Waals surface area contributed by atoms with Gasteiger partial charge in [0.1, 0.15) is 6.10 Å². The molecule has 0 saturated heterocycles. The number of esters is 1. The number of carbonyl (C=O) groups is 1. The summed E-state index contributed by atoms with van der Waals surface area (Å²) in [5.41, 5.74) is 0.866.